The highest BCUT2D eigenvalue weighted by Crippen LogP contribution is 2.14. The molecule has 2 aromatic rings. The minimum absolute atomic E-state index is 0.0523. The van der Waals surface area contributed by atoms with Crippen molar-refractivity contribution < 1.29 is 9.53 Å². The van der Waals surface area contributed by atoms with Gasteiger partial charge < -0.3 is 10.1 Å². The number of ether oxygens (including phenoxy) is 1. The number of aryl methyl sites for hydroxylation is 1. The zero-order valence-corrected chi connectivity index (χ0v) is 15.0. The molecule has 0 aliphatic carbocycles. The Kier molecular flexibility index (Phi) is 5.83. The molecule has 0 radical (unpaired) electrons. The Labute approximate surface area is 148 Å². The van der Waals surface area contributed by atoms with E-state index in [4.69, 9.17) is 4.74 Å². The lowest BCUT2D eigenvalue weighted by Crippen LogP contribution is -2.43. The van der Waals surface area contributed by atoms with Crippen LogP contribution >= 0.6 is 0 Å². The lowest BCUT2D eigenvalue weighted by Gasteiger charge is -2.25. The third-order valence-electron chi connectivity index (χ3n) is 4.64. The zero-order chi connectivity index (χ0) is 17.6. The largest absolute Gasteiger partial charge is 0.379 e. The minimum atomic E-state index is 0.0523. The summed E-state index contributed by atoms with van der Waals surface area (Å²) in [6.07, 6.45) is 0. The van der Waals surface area contributed by atoms with Crippen LogP contribution in [0.1, 0.15) is 22.5 Å². The maximum Gasteiger partial charge on any atom is 0.234 e. The first-order chi connectivity index (χ1) is 12.1. The summed E-state index contributed by atoms with van der Waals surface area (Å²) in [5.41, 5.74) is 4.40. The number of nitrogens with zero attached hydrogens (tertiary/aromatic N) is 3. The lowest BCUT2D eigenvalue weighted by atomic mass is 10.2. The molecule has 1 saturated heterocycles. The number of amides is 1. The number of benzene rings is 1. The molecule has 0 saturated carbocycles. The second-order valence-electron chi connectivity index (χ2n) is 6.46. The number of carbonyl (C=O) groups is 1. The first-order valence-corrected chi connectivity index (χ1v) is 8.77. The van der Waals surface area contributed by atoms with Crippen molar-refractivity contribution in [3.63, 3.8) is 0 Å². The van der Waals surface area contributed by atoms with Gasteiger partial charge in [0.05, 0.1) is 32.0 Å². The molecule has 134 valence electrons. The normalized spacial score (nSPS) is 15.3. The Morgan fingerprint density at radius 1 is 1.20 bits per heavy atom. The molecule has 3 rings (SSSR count). The second kappa shape index (κ2) is 8.27. The van der Waals surface area contributed by atoms with Gasteiger partial charge in [-0.15, -0.1) is 0 Å². The average molecular weight is 342 g/mol. The molecule has 1 fully saturated rings. The van der Waals surface area contributed by atoms with E-state index in [1.165, 1.54) is 5.56 Å². The topological polar surface area (TPSA) is 59.4 Å². The van der Waals surface area contributed by atoms with E-state index < -0.39 is 0 Å². The van der Waals surface area contributed by atoms with Gasteiger partial charge in [-0.05, 0) is 19.4 Å². The number of rotatable bonds is 6. The minimum Gasteiger partial charge on any atom is -0.379 e. The summed E-state index contributed by atoms with van der Waals surface area (Å²) in [7, 11) is 0. The predicted molar refractivity (Wildman–Crippen MR) is 96.4 cm³/mol. The molecule has 0 bridgehead atoms. The van der Waals surface area contributed by atoms with E-state index >= 15 is 0 Å². The summed E-state index contributed by atoms with van der Waals surface area (Å²) in [5, 5.41) is 7.67. The summed E-state index contributed by atoms with van der Waals surface area (Å²) in [4.78, 5) is 14.3. The molecule has 0 spiro atoms. The molecule has 6 nitrogen and oxygen atoms in total. The van der Waals surface area contributed by atoms with Crippen LogP contribution in [-0.4, -0.2) is 53.4 Å². The summed E-state index contributed by atoms with van der Waals surface area (Å²) in [5.74, 6) is 0.0523. The van der Waals surface area contributed by atoms with Gasteiger partial charge in [0.1, 0.15) is 0 Å². The molecular weight excluding hydrogens is 316 g/mol. The van der Waals surface area contributed by atoms with E-state index in [1.54, 1.807) is 0 Å². The molecule has 1 aliphatic heterocycles. The number of hydrogen-bond acceptors (Lipinski definition) is 4. The van der Waals surface area contributed by atoms with Crippen LogP contribution in [0, 0.1) is 13.8 Å². The van der Waals surface area contributed by atoms with Crippen LogP contribution in [-0.2, 0) is 22.6 Å². The molecule has 1 aromatic heterocycles. The van der Waals surface area contributed by atoms with Crippen molar-refractivity contribution in [1.82, 2.24) is 20.0 Å². The molecule has 25 heavy (non-hydrogen) atoms. The van der Waals surface area contributed by atoms with Crippen LogP contribution in [0.3, 0.4) is 0 Å². The van der Waals surface area contributed by atoms with Crippen LogP contribution in [0.25, 0.3) is 0 Å². The van der Waals surface area contributed by atoms with Crippen molar-refractivity contribution >= 4 is 5.91 Å². The highest BCUT2D eigenvalue weighted by atomic mass is 16.5. The van der Waals surface area contributed by atoms with E-state index in [0.717, 1.165) is 36.6 Å². The van der Waals surface area contributed by atoms with Gasteiger partial charge in [-0.3, -0.25) is 14.4 Å². The standard InChI is InChI=1S/C19H26N4O2/c1-15-18(12-20-19(24)14-22-8-10-25-11-9-22)16(2)23(21-15)13-17-6-4-3-5-7-17/h3-7H,8-14H2,1-2H3,(H,20,24). The summed E-state index contributed by atoms with van der Waals surface area (Å²) in [6.45, 7) is 8.81. The first-order valence-electron chi connectivity index (χ1n) is 8.77. The number of aromatic nitrogens is 2. The highest BCUT2D eigenvalue weighted by molar-refractivity contribution is 5.78. The third kappa shape index (κ3) is 4.67. The van der Waals surface area contributed by atoms with E-state index in [2.05, 4.69) is 34.4 Å². The number of carbonyl (C=O) groups excluding carboxylic acids is 1. The zero-order valence-electron chi connectivity index (χ0n) is 15.0. The van der Waals surface area contributed by atoms with Gasteiger partial charge in [0.15, 0.2) is 0 Å². The Balaban J connectivity index is 1.58. The molecule has 0 unspecified atom stereocenters. The van der Waals surface area contributed by atoms with Crippen molar-refractivity contribution in [1.29, 1.82) is 0 Å². The predicted octanol–water partition coefficient (Wildman–Crippen LogP) is 1.50. The van der Waals surface area contributed by atoms with E-state index in [-0.39, 0.29) is 5.91 Å². The molecule has 1 aromatic carbocycles. The van der Waals surface area contributed by atoms with E-state index in [1.807, 2.05) is 29.8 Å². The number of hydrogen-bond donors (Lipinski definition) is 1. The summed E-state index contributed by atoms with van der Waals surface area (Å²) in [6, 6.07) is 10.3. The third-order valence-corrected chi connectivity index (χ3v) is 4.64. The molecule has 2 heterocycles. The van der Waals surface area contributed by atoms with Crippen LogP contribution in [0.5, 0.6) is 0 Å². The second-order valence-corrected chi connectivity index (χ2v) is 6.46. The van der Waals surface area contributed by atoms with Gasteiger partial charge in [0.2, 0.25) is 5.91 Å². The number of nitrogens with one attached hydrogen (secondary N) is 1. The average Bonchev–Trinajstić information content (AvgIpc) is 2.88. The van der Waals surface area contributed by atoms with Crippen molar-refractivity contribution in [2.75, 3.05) is 32.8 Å². The lowest BCUT2D eigenvalue weighted by molar-refractivity contribution is -0.123. The summed E-state index contributed by atoms with van der Waals surface area (Å²) < 4.78 is 7.32. The smallest absolute Gasteiger partial charge is 0.234 e. The van der Waals surface area contributed by atoms with Crippen LogP contribution in [0.2, 0.25) is 0 Å². The SMILES string of the molecule is Cc1nn(Cc2ccccc2)c(C)c1CNC(=O)CN1CCOCC1. The Bertz CT molecular complexity index is 706. The fourth-order valence-electron chi connectivity index (χ4n) is 3.11. The van der Waals surface area contributed by atoms with Crippen molar-refractivity contribution in [2.45, 2.75) is 26.9 Å². The quantitative estimate of drug-likeness (QED) is 0.864. The van der Waals surface area contributed by atoms with Gasteiger partial charge in [0, 0.05) is 30.9 Å². The Hall–Kier alpha value is -2.18. The molecule has 1 amide bonds. The van der Waals surface area contributed by atoms with Gasteiger partial charge in [0.25, 0.3) is 0 Å². The van der Waals surface area contributed by atoms with Crippen LogP contribution in [0.4, 0.5) is 0 Å². The fraction of sp³-hybridized carbons (Fsp3) is 0.474. The number of morpholine rings is 1. The molecule has 1 aliphatic rings. The van der Waals surface area contributed by atoms with Gasteiger partial charge >= 0.3 is 0 Å². The molecule has 0 atom stereocenters. The maximum atomic E-state index is 12.2. The van der Waals surface area contributed by atoms with Gasteiger partial charge in [-0.1, -0.05) is 30.3 Å². The fourth-order valence-corrected chi connectivity index (χ4v) is 3.11. The van der Waals surface area contributed by atoms with Gasteiger partial charge in [-0.25, -0.2) is 0 Å². The molecule has 1 N–H and O–H groups in total. The first kappa shape index (κ1) is 17.6. The highest BCUT2D eigenvalue weighted by Gasteiger charge is 2.16. The molecule has 6 heteroatoms. The van der Waals surface area contributed by atoms with Crippen molar-refractivity contribution in [3.05, 3.63) is 52.8 Å². The summed E-state index contributed by atoms with van der Waals surface area (Å²) >= 11 is 0. The van der Waals surface area contributed by atoms with Crippen molar-refractivity contribution in [2.24, 2.45) is 0 Å². The Morgan fingerprint density at radius 2 is 1.92 bits per heavy atom. The van der Waals surface area contributed by atoms with E-state index in [9.17, 15) is 4.79 Å². The Morgan fingerprint density at radius 3 is 2.64 bits per heavy atom. The monoisotopic (exact) mass is 342 g/mol. The maximum absolute atomic E-state index is 12.2. The van der Waals surface area contributed by atoms with E-state index in [0.29, 0.717) is 26.3 Å². The van der Waals surface area contributed by atoms with Crippen LogP contribution in [0.15, 0.2) is 30.3 Å². The van der Waals surface area contributed by atoms with Gasteiger partial charge in [-0.2, -0.15) is 5.10 Å². The van der Waals surface area contributed by atoms with Crippen LogP contribution < -0.4 is 5.32 Å². The van der Waals surface area contributed by atoms with Crippen molar-refractivity contribution in [3.8, 4) is 0 Å². The molecular formula is C19H26N4O2.